The number of methoxy groups -OCH3 is 2. The minimum atomic E-state index is -0.724. The Labute approximate surface area is 247 Å². The third kappa shape index (κ3) is 9.97. The van der Waals surface area contributed by atoms with Gasteiger partial charge in [-0.15, -0.1) is 0 Å². The van der Waals surface area contributed by atoms with E-state index in [0.717, 1.165) is 50.4 Å². The Balaban J connectivity index is 1.28. The van der Waals surface area contributed by atoms with Gasteiger partial charge >= 0.3 is 6.03 Å². The molecule has 3 N–H and O–H groups in total. The van der Waals surface area contributed by atoms with E-state index >= 15 is 0 Å². The molecule has 3 aromatic rings. The van der Waals surface area contributed by atoms with E-state index in [2.05, 4.69) is 20.9 Å². The highest BCUT2D eigenvalue weighted by molar-refractivity contribution is 5.93. The SMILES string of the molecule is COc1cc(COc2ccc(NC(=O)N[C@H](Cc3ccccc3)C(=O)NCCCN3CCOCC3)cc2)cc(OC)c1. The molecule has 0 bridgehead atoms. The monoisotopic (exact) mass is 576 g/mol. The molecular weight excluding hydrogens is 536 g/mol. The van der Waals surface area contributed by atoms with Crippen molar-refractivity contribution in [3.63, 3.8) is 0 Å². The second-order valence-corrected chi connectivity index (χ2v) is 9.97. The van der Waals surface area contributed by atoms with E-state index in [9.17, 15) is 9.59 Å². The number of benzene rings is 3. The molecule has 0 radical (unpaired) electrons. The summed E-state index contributed by atoms with van der Waals surface area (Å²) in [5, 5.41) is 8.65. The summed E-state index contributed by atoms with van der Waals surface area (Å²) in [6.45, 7) is 5.08. The van der Waals surface area contributed by atoms with Crippen LogP contribution in [0.25, 0.3) is 0 Å². The summed E-state index contributed by atoms with van der Waals surface area (Å²) in [7, 11) is 3.21. The molecule has 1 heterocycles. The molecule has 10 nitrogen and oxygen atoms in total. The fourth-order valence-electron chi connectivity index (χ4n) is 4.60. The predicted molar refractivity (Wildman–Crippen MR) is 161 cm³/mol. The van der Waals surface area contributed by atoms with E-state index in [0.29, 0.717) is 42.5 Å². The Morgan fingerprint density at radius 2 is 1.57 bits per heavy atom. The molecule has 0 aliphatic carbocycles. The van der Waals surface area contributed by atoms with Gasteiger partial charge in [0.25, 0.3) is 0 Å². The number of morpholine rings is 1. The second kappa shape index (κ2) is 16.2. The summed E-state index contributed by atoms with van der Waals surface area (Å²) in [6.07, 6.45) is 1.21. The van der Waals surface area contributed by atoms with Crippen molar-refractivity contribution >= 4 is 17.6 Å². The molecule has 224 valence electrons. The normalized spacial score (nSPS) is 14.0. The third-order valence-electron chi connectivity index (χ3n) is 6.89. The Morgan fingerprint density at radius 3 is 2.24 bits per heavy atom. The molecule has 0 aromatic heterocycles. The number of rotatable bonds is 14. The van der Waals surface area contributed by atoms with Crippen molar-refractivity contribution in [2.75, 3.05) is 58.9 Å². The first-order chi connectivity index (χ1) is 20.5. The zero-order valence-electron chi connectivity index (χ0n) is 24.3. The quantitative estimate of drug-likeness (QED) is 0.250. The lowest BCUT2D eigenvalue weighted by molar-refractivity contribution is -0.122. The molecule has 10 heteroatoms. The van der Waals surface area contributed by atoms with Gasteiger partial charge in [-0.3, -0.25) is 9.69 Å². The molecule has 0 unspecified atom stereocenters. The van der Waals surface area contributed by atoms with Gasteiger partial charge in [0.15, 0.2) is 0 Å². The fourth-order valence-corrected chi connectivity index (χ4v) is 4.60. The van der Waals surface area contributed by atoms with Crippen LogP contribution in [0.5, 0.6) is 17.2 Å². The maximum absolute atomic E-state index is 13.1. The van der Waals surface area contributed by atoms with Crippen LogP contribution in [0.2, 0.25) is 0 Å². The van der Waals surface area contributed by atoms with E-state index in [1.54, 1.807) is 44.6 Å². The summed E-state index contributed by atoms with van der Waals surface area (Å²) in [5.74, 6) is 1.80. The number of hydrogen-bond acceptors (Lipinski definition) is 7. The average molecular weight is 577 g/mol. The number of carbonyl (C=O) groups excluding carboxylic acids is 2. The van der Waals surface area contributed by atoms with Crippen molar-refractivity contribution in [3.05, 3.63) is 83.9 Å². The molecule has 1 fully saturated rings. The largest absolute Gasteiger partial charge is 0.497 e. The Morgan fingerprint density at radius 1 is 0.881 bits per heavy atom. The number of anilines is 1. The van der Waals surface area contributed by atoms with Crippen LogP contribution in [0.15, 0.2) is 72.8 Å². The molecular formula is C32H40N4O6. The number of nitrogens with one attached hydrogen (secondary N) is 3. The van der Waals surface area contributed by atoms with E-state index < -0.39 is 12.1 Å². The smallest absolute Gasteiger partial charge is 0.319 e. The summed E-state index contributed by atoms with van der Waals surface area (Å²) in [5.41, 5.74) is 2.44. The molecule has 1 aliphatic rings. The van der Waals surface area contributed by atoms with Gasteiger partial charge in [-0.2, -0.15) is 0 Å². The highest BCUT2D eigenvalue weighted by Gasteiger charge is 2.21. The van der Waals surface area contributed by atoms with Crippen LogP contribution in [-0.4, -0.2) is 76.5 Å². The van der Waals surface area contributed by atoms with Gasteiger partial charge in [-0.25, -0.2) is 4.79 Å². The summed E-state index contributed by atoms with van der Waals surface area (Å²) < 4.78 is 21.9. The fraction of sp³-hybridized carbons (Fsp3) is 0.375. The van der Waals surface area contributed by atoms with E-state index in [1.165, 1.54) is 0 Å². The van der Waals surface area contributed by atoms with Gasteiger partial charge in [0.2, 0.25) is 5.91 Å². The van der Waals surface area contributed by atoms with E-state index in [1.807, 2.05) is 42.5 Å². The number of hydrogen-bond donors (Lipinski definition) is 3. The van der Waals surface area contributed by atoms with Gasteiger partial charge in [-0.05, 0) is 60.5 Å². The van der Waals surface area contributed by atoms with Gasteiger partial charge in [0.1, 0.15) is 29.9 Å². The molecule has 0 spiro atoms. The van der Waals surface area contributed by atoms with Gasteiger partial charge in [0, 0.05) is 37.8 Å². The van der Waals surface area contributed by atoms with Gasteiger partial charge in [-0.1, -0.05) is 30.3 Å². The van der Waals surface area contributed by atoms with Crippen molar-refractivity contribution in [3.8, 4) is 17.2 Å². The highest BCUT2D eigenvalue weighted by atomic mass is 16.5. The van der Waals surface area contributed by atoms with Gasteiger partial charge < -0.3 is 34.9 Å². The van der Waals surface area contributed by atoms with E-state index in [4.69, 9.17) is 18.9 Å². The lowest BCUT2D eigenvalue weighted by Crippen LogP contribution is -2.49. The molecule has 3 amide bonds. The Hall–Kier alpha value is -4.28. The summed E-state index contributed by atoms with van der Waals surface area (Å²) in [4.78, 5) is 28.3. The van der Waals surface area contributed by atoms with Crippen molar-refractivity contribution < 1.29 is 28.5 Å². The first-order valence-electron chi connectivity index (χ1n) is 14.2. The standard InChI is InChI=1S/C32H40N4O6/c1-39-28-19-25(20-29(22-28)40-2)23-42-27-11-9-26(10-12-27)34-32(38)35-30(21-24-7-4-3-5-8-24)31(37)33-13-6-14-36-15-17-41-18-16-36/h3-5,7-12,19-20,22,30H,6,13-18,21,23H2,1-2H3,(H,33,37)(H2,34,35,38)/t30-/m1/s1. The maximum atomic E-state index is 13.1. The minimum absolute atomic E-state index is 0.214. The topological polar surface area (TPSA) is 110 Å². The van der Waals surface area contributed by atoms with Crippen molar-refractivity contribution in [2.45, 2.75) is 25.5 Å². The number of amides is 3. The molecule has 3 aromatic carbocycles. The predicted octanol–water partition coefficient (Wildman–Crippen LogP) is 3.85. The van der Waals surface area contributed by atoms with Crippen LogP contribution in [-0.2, 0) is 22.6 Å². The third-order valence-corrected chi connectivity index (χ3v) is 6.89. The molecule has 42 heavy (non-hydrogen) atoms. The van der Waals surface area contributed by atoms with Crippen LogP contribution < -0.4 is 30.2 Å². The van der Waals surface area contributed by atoms with Crippen molar-refractivity contribution in [1.82, 2.24) is 15.5 Å². The van der Waals surface area contributed by atoms with Crippen LogP contribution in [0.4, 0.5) is 10.5 Å². The highest BCUT2D eigenvalue weighted by Crippen LogP contribution is 2.24. The van der Waals surface area contributed by atoms with Crippen molar-refractivity contribution in [1.29, 1.82) is 0 Å². The van der Waals surface area contributed by atoms with Crippen molar-refractivity contribution in [2.24, 2.45) is 0 Å². The zero-order chi connectivity index (χ0) is 29.6. The number of urea groups is 1. The minimum Gasteiger partial charge on any atom is -0.497 e. The summed E-state index contributed by atoms with van der Waals surface area (Å²) in [6, 6.07) is 21.1. The summed E-state index contributed by atoms with van der Waals surface area (Å²) >= 11 is 0. The average Bonchev–Trinajstić information content (AvgIpc) is 3.03. The zero-order valence-corrected chi connectivity index (χ0v) is 24.3. The molecule has 1 aliphatic heterocycles. The first kappa shape index (κ1) is 30.7. The number of nitrogens with zero attached hydrogens (tertiary/aromatic N) is 1. The van der Waals surface area contributed by atoms with Gasteiger partial charge in [0.05, 0.1) is 27.4 Å². The van der Waals surface area contributed by atoms with E-state index in [-0.39, 0.29) is 5.91 Å². The second-order valence-electron chi connectivity index (χ2n) is 9.97. The molecule has 1 saturated heterocycles. The molecule has 1 atom stereocenters. The van der Waals surface area contributed by atoms with Crippen LogP contribution in [0, 0.1) is 0 Å². The lowest BCUT2D eigenvalue weighted by atomic mass is 10.1. The number of ether oxygens (including phenoxy) is 4. The molecule has 4 rings (SSSR count). The first-order valence-corrected chi connectivity index (χ1v) is 14.2. The number of carbonyl (C=O) groups is 2. The Bertz CT molecular complexity index is 1240. The lowest BCUT2D eigenvalue weighted by Gasteiger charge is -2.26. The maximum Gasteiger partial charge on any atom is 0.319 e. The Kier molecular flexibility index (Phi) is 11.9. The molecule has 0 saturated carbocycles. The van der Waals surface area contributed by atoms with Crippen LogP contribution in [0.1, 0.15) is 17.5 Å². The van der Waals surface area contributed by atoms with Crippen LogP contribution in [0.3, 0.4) is 0 Å². The van der Waals surface area contributed by atoms with Crippen LogP contribution >= 0.6 is 0 Å².